The Morgan fingerprint density at radius 2 is 1.57 bits per heavy atom. The molecule has 0 saturated carbocycles. The molecule has 0 radical (unpaired) electrons. The SMILES string of the molecule is O=C(O)c1cc(NC(=O)c2c(Cl)cccc2Cl)ccc1Cl. The maximum atomic E-state index is 12.2. The van der Waals surface area contributed by atoms with Crippen LogP contribution in [0.1, 0.15) is 20.7 Å². The van der Waals surface area contributed by atoms with Crippen molar-refractivity contribution in [2.75, 3.05) is 5.32 Å². The van der Waals surface area contributed by atoms with Crippen LogP contribution in [0, 0.1) is 0 Å². The van der Waals surface area contributed by atoms with Crippen LogP contribution in [0.3, 0.4) is 0 Å². The first-order chi connectivity index (χ1) is 9.90. The summed E-state index contributed by atoms with van der Waals surface area (Å²) in [5, 5.41) is 12.0. The highest BCUT2D eigenvalue weighted by Crippen LogP contribution is 2.26. The van der Waals surface area contributed by atoms with Gasteiger partial charge in [0.25, 0.3) is 5.91 Å². The van der Waals surface area contributed by atoms with E-state index in [0.29, 0.717) is 0 Å². The first-order valence-electron chi connectivity index (χ1n) is 5.68. The number of carbonyl (C=O) groups excluding carboxylic acids is 1. The van der Waals surface area contributed by atoms with Gasteiger partial charge in [0.2, 0.25) is 0 Å². The second-order valence-electron chi connectivity index (χ2n) is 4.05. The summed E-state index contributed by atoms with van der Waals surface area (Å²) in [6.07, 6.45) is 0. The number of amides is 1. The molecule has 0 aromatic heterocycles. The number of carboxylic acids is 1. The zero-order valence-corrected chi connectivity index (χ0v) is 12.6. The van der Waals surface area contributed by atoms with Crippen molar-refractivity contribution in [1.29, 1.82) is 0 Å². The van der Waals surface area contributed by atoms with Crippen LogP contribution in [-0.2, 0) is 0 Å². The molecule has 108 valence electrons. The van der Waals surface area contributed by atoms with Crippen LogP contribution in [0.2, 0.25) is 15.1 Å². The summed E-state index contributed by atoms with van der Waals surface area (Å²) >= 11 is 17.6. The summed E-state index contributed by atoms with van der Waals surface area (Å²) in [5.41, 5.74) is 0.283. The van der Waals surface area contributed by atoms with Crippen LogP contribution in [0.15, 0.2) is 36.4 Å². The van der Waals surface area contributed by atoms with Gasteiger partial charge >= 0.3 is 5.97 Å². The van der Waals surface area contributed by atoms with Crippen molar-refractivity contribution in [1.82, 2.24) is 0 Å². The van der Waals surface area contributed by atoms with Crippen molar-refractivity contribution in [3.05, 3.63) is 62.6 Å². The van der Waals surface area contributed by atoms with Gasteiger partial charge < -0.3 is 10.4 Å². The lowest BCUT2D eigenvalue weighted by Crippen LogP contribution is -2.13. The molecule has 21 heavy (non-hydrogen) atoms. The van der Waals surface area contributed by atoms with Crippen LogP contribution in [0.5, 0.6) is 0 Å². The van der Waals surface area contributed by atoms with Gasteiger partial charge in [-0.1, -0.05) is 40.9 Å². The molecule has 0 fully saturated rings. The summed E-state index contributed by atoms with van der Waals surface area (Å²) in [6.45, 7) is 0. The van der Waals surface area contributed by atoms with Crippen LogP contribution in [-0.4, -0.2) is 17.0 Å². The predicted octanol–water partition coefficient (Wildman–Crippen LogP) is 4.60. The van der Waals surface area contributed by atoms with Gasteiger partial charge in [0, 0.05) is 5.69 Å². The second kappa shape index (κ2) is 6.35. The van der Waals surface area contributed by atoms with Gasteiger partial charge in [-0.2, -0.15) is 0 Å². The van der Waals surface area contributed by atoms with Crippen molar-refractivity contribution in [3.63, 3.8) is 0 Å². The Morgan fingerprint density at radius 3 is 2.14 bits per heavy atom. The monoisotopic (exact) mass is 343 g/mol. The number of carbonyl (C=O) groups is 2. The molecule has 4 nitrogen and oxygen atoms in total. The molecule has 1 amide bonds. The molecule has 0 bridgehead atoms. The van der Waals surface area contributed by atoms with E-state index in [1.807, 2.05) is 0 Å². The van der Waals surface area contributed by atoms with Gasteiger partial charge in [0.15, 0.2) is 0 Å². The molecular formula is C14H8Cl3NO3. The minimum absolute atomic E-state index is 0.0799. The lowest BCUT2D eigenvalue weighted by molar-refractivity contribution is 0.0696. The van der Waals surface area contributed by atoms with Gasteiger partial charge in [-0.05, 0) is 30.3 Å². The summed E-state index contributed by atoms with van der Waals surface area (Å²) in [4.78, 5) is 23.2. The maximum Gasteiger partial charge on any atom is 0.337 e. The molecular weight excluding hydrogens is 337 g/mol. The highest BCUT2D eigenvalue weighted by Gasteiger charge is 2.16. The van der Waals surface area contributed by atoms with Crippen molar-refractivity contribution in [3.8, 4) is 0 Å². The Hall–Kier alpha value is -1.75. The zero-order chi connectivity index (χ0) is 15.6. The molecule has 0 heterocycles. The highest BCUT2D eigenvalue weighted by molar-refractivity contribution is 6.40. The Bertz CT molecular complexity index is 711. The number of nitrogens with one attached hydrogen (secondary N) is 1. The van der Waals surface area contributed by atoms with Gasteiger partial charge in [0.05, 0.1) is 26.2 Å². The average Bonchev–Trinajstić information content (AvgIpc) is 2.40. The fourth-order valence-corrected chi connectivity index (χ4v) is 2.44. The standard InChI is InChI=1S/C14H8Cl3NO3/c15-9-5-4-7(6-8(9)14(20)21)18-13(19)12-10(16)2-1-3-11(12)17/h1-6H,(H,18,19)(H,20,21). The lowest BCUT2D eigenvalue weighted by atomic mass is 10.1. The summed E-state index contributed by atoms with van der Waals surface area (Å²) < 4.78 is 0. The van der Waals surface area contributed by atoms with Gasteiger partial charge in [-0.15, -0.1) is 0 Å². The molecule has 0 unspecified atom stereocenters. The van der Waals surface area contributed by atoms with E-state index in [1.165, 1.54) is 30.3 Å². The van der Waals surface area contributed by atoms with E-state index in [-0.39, 0.29) is 31.9 Å². The number of hydrogen-bond acceptors (Lipinski definition) is 2. The molecule has 0 aliphatic heterocycles. The van der Waals surface area contributed by atoms with Gasteiger partial charge in [-0.25, -0.2) is 4.79 Å². The minimum atomic E-state index is -1.19. The van der Waals surface area contributed by atoms with Gasteiger partial charge in [-0.3, -0.25) is 4.79 Å². The number of halogens is 3. The molecule has 0 aliphatic rings. The summed E-state index contributed by atoms with van der Waals surface area (Å²) in [5.74, 6) is -1.73. The Balaban J connectivity index is 2.32. The van der Waals surface area contributed by atoms with Crippen LogP contribution in [0.4, 0.5) is 5.69 Å². The highest BCUT2D eigenvalue weighted by atomic mass is 35.5. The number of benzene rings is 2. The third-order valence-corrected chi connectivity index (χ3v) is 3.60. The predicted molar refractivity (Wildman–Crippen MR) is 82.8 cm³/mol. The largest absolute Gasteiger partial charge is 0.478 e. The zero-order valence-electron chi connectivity index (χ0n) is 10.4. The van der Waals surface area contributed by atoms with E-state index in [9.17, 15) is 9.59 Å². The summed E-state index contributed by atoms with van der Waals surface area (Å²) in [6, 6.07) is 8.81. The molecule has 2 rings (SSSR count). The molecule has 7 heteroatoms. The Morgan fingerprint density at radius 1 is 0.952 bits per heavy atom. The molecule has 0 saturated heterocycles. The number of carboxylic acid groups (broad SMARTS) is 1. The van der Waals surface area contributed by atoms with Crippen LogP contribution in [0.25, 0.3) is 0 Å². The molecule has 2 aromatic rings. The smallest absolute Gasteiger partial charge is 0.337 e. The first kappa shape index (κ1) is 15.6. The molecule has 0 atom stereocenters. The van der Waals surface area contributed by atoms with E-state index in [0.717, 1.165) is 0 Å². The maximum absolute atomic E-state index is 12.2. The average molecular weight is 345 g/mol. The number of anilines is 1. The Labute approximate surface area is 135 Å². The normalized spacial score (nSPS) is 10.2. The van der Waals surface area contributed by atoms with Crippen molar-refractivity contribution < 1.29 is 14.7 Å². The Kier molecular flexibility index (Phi) is 4.73. The van der Waals surface area contributed by atoms with Crippen molar-refractivity contribution in [2.45, 2.75) is 0 Å². The van der Waals surface area contributed by atoms with E-state index in [2.05, 4.69) is 5.32 Å². The number of hydrogen-bond donors (Lipinski definition) is 2. The van der Waals surface area contributed by atoms with Crippen molar-refractivity contribution in [2.24, 2.45) is 0 Å². The van der Waals surface area contributed by atoms with Crippen LogP contribution >= 0.6 is 34.8 Å². The van der Waals surface area contributed by atoms with Gasteiger partial charge in [0.1, 0.15) is 0 Å². The fraction of sp³-hybridized carbons (Fsp3) is 0. The van der Waals surface area contributed by atoms with E-state index >= 15 is 0 Å². The topological polar surface area (TPSA) is 66.4 Å². The molecule has 2 aromatic carbocycles. The minimum Gasteiger partial charge on any atom is -0.478 e. The molecule has 0 aliphatic carbocycles. The second-order valence-corrected chi connectivity index (χ2v) is 5.27. The number of rotatable bonds is 3. The van der Waals surface area contributed by atoms with E-state index < -0.39 is 11.9 Å². The third-order valence-electron chi connectivity index (χ3n) is 2.64. The molecule has 2 N–H and O–H groups in total. The van der Waals surface area contributed by atoms with Crippen LogP contribution < -0.4 is 5.32 Å². The van der Waals surface area contributed by atoms with E-state index in [4.69, 9.17) is 39.9 Å². The fourth-order valence-electron chi connectivity index (χ4n) is 1.68. The third kappa shape index (κ3) is 3.47. The quantitative estimate of drug-likeness (QED) is 0.855. The summed E-state index contributed by atoms with van der Waals surface area (Å²) in [7, 11) is 0. The van der Waals surface area contributed by atoms with Crippen molar-refractivity contribution >= 4 is 52.4 Å². The van der Waals surface area contributed by atoms with E-state index in [1.54, 1.807) is 6.07 Å². The number of aromatic carboxylic acids is 1. The molecule has 0 spiro atoms. The lowest BCUT2D eigenvalue weighted by Gasteiger charge is -2.09. The first-order valence-corrected chi connectivity index (χ1v) is 6.81.